The van der Waals surface area contributed by atoms with Gasteiger partial charge in [0.15, 0.2) is 5.76 Å². The van der Waals surface area contributed by atoms with Crippen LogP contribution in [0, 0.1) is 0 Å². The minimum Gasteiger partial charge on any atom is -0.451 e. The zero-order valence-electron chi connectivity index (χ0n) is 17.1. The van der Waals surface area contributed by atoms with Crippen molar-refractivity contribution in [2.24, 2.45) is 0 Å². The fraction of sp³-hybridized carbons (Fsp3) is 0.304. The fourth-order valence-electron chi connectivity index (χ4n) is 3.72. The zero-order chi connectivity index (χ0) is 22.7. The lowest BCUT2D eigenvalue weighted by Crippen LogP contribution is -2.26. The van der Waals surface area contributed by atoms with Gasteiger partial charge in [0, 0.05) is 31.0 Å². The van der Waals surface area contributed by atoms with E-state index in [1.807, 2.05) is 4.90 Å². The fourth-order valence-corrected chi connectivity index (χ4v) is 3.72. The highest BCUT2D eigenvalue weighted by Gasteiger charge is 2.32. The van der Waals surface area contributed by atoms with Crippen LogP contribution in [-0.2, 0) is 6.18 Å². The van der Waals surface area contributed by atoms with Gasteiger partial charge in [-0.2, -0.15) is 13.2 Å². The van der Waals surface area contributed by atoms with Gasteiger partial charge in [-0.1, -0.05) is 0 Å². The summed E-state index contributed by atoms with van der Waals surface area (Å²) < 4.78 is 45.6. The van der Waals surface area contributed by atoms with Gasteiger partial charge < -0.3 is 19.7 Å². The van der Waals surface area contributed by atoms with E-state index in [-0.39, 0.29) is 11.4 Å². The molecule has 1 fully saturated rings. The highest BCUT2D eigenvalue weighted by atomic mass is 19.4. The molecule has 168 valence electrons. The monoisotopic (exact) mass is 445 g/mol. The van der Waals surface area contributed by atoms with Crippen molar-refractivity contribution < 1.29 is 27.5 Å². The third kappa shape index (κ3) is 4.94. The lowest BCUT2D eigenvalue weighted by atomic mass is 10.1. The van der Waals surface area contributed by atoms with Crippen LogP contribution >= 0.6 is 0 Å². The number of halogens is 3. The van der Waals surface area contributed by atoms with Gasteiger partial charge >= 0.3 is 6.18 Å². The number of anilines is 2. The first kappa shape index (κ1) is 21.9. The Morgan fingerprint density at radius 1 is 1.09 bits per heavy atom. The number of nitrogens with zero attached hydrogens (tertiary/aromatic N) is 2. The van der Waals surface area contributed by atoms with Gasteiger partial charge in [0.1, 0.15) is 5.76 Å². The van der Waals surface area contributed by atoms with Crippen LogP contribution in [-0.4, -0.2) is 35.2 Å². The van der Waals surface area contributed by atoms with Crippen molar-refractivity contribution in [1.82, 2.24) is 4.98 Å². The van der Waals surface area contributed by atoms with E-state index in [2.05, 4.69) is 10.3 Å². The summed E-state index contributed by atoms with van der Waals surface area (Å²) in [4.78, 5) is 18.6. The summed E-state index contributed by atoms with van der Waals surface area (Å²) in [7, 11) is 0. The summed E-state index contributed by atoms with van der Waals surface area (Å²) in [6.45, 7) is 1.04. The lowest BCUT2D eigenvalue weighted by molar-refractivity contribution is -0.137. The number of aromatic nitrogens is 1. The number of nitrogens with one attached hydrogen (secondary N) is 1. The number of furan rings is 1. The second kappa shape index (κ2) is 9.04. The molecule has 0 unspecified atom stereocenters. The number of hydrogen-bond donors (Lipinski definition) is 2. The van der Waals surface area contributed by atoms with Crippen molar-refractivity contribution in [2.45, 2.75) is 31.5 Å². The van der Waals surface area contributed by atoms with Crippen molar-refractivity contribution in [2.75, 3.05) is 23.3 Å². The Balaban J connectivity index is 1.62. The third-order valence-electron chi connectivity index (χ3n) is 5.41. The average molecular weight is 445 g/mol. The first-order valence-electron chi connectivity index (χ1n) is 10.3. The molecule has 3 heterocycles. The Labute approximate surface area is 182 Å². The molecule has 0 aliphatic carbocycles. The molecule has 1 amide bonds. The standard InChI is InChI=1S/C23H22F3N3O3/c24-23(25,26)16-3-4-19(29-12-1-2-17(30)9-13-29)18(14-16)28-22(31)21-6-5-20(32-21)15-7-10-27-11-8-15/h3-8,10-11,14,17,30H,1-2,9,12-13H2,(H,28,31)/t17-/m1/s1. The maximum Gasteiger partial charge on any atom is 0.416 e. The molecule has 0 spiro atoms. The molecule has 9 heteroatoms. The molecule has 4 rings (SSSR count). The number of carbonyl (C=O) groups excluding carboxylic acids is 1. The molecule has 0 saturated carbocycles. The van der Waals surface area contributed by atoms with Gasteiger partial charge in [0.2, 0.25) is 0 Å². The van der Waals surface area contributed by atoms with E-state index in [4.69, 9.17) is 4.42 Å². The number of carbonyl (C=O) groups is 1. The number of rotatable bonds is 4. The minimum absolute atomic E-state index is 0.0218. The second-order valence-corrected chi connectivity index (χ2v) is 7.66. The molecular weight excluding hydrogens is 423 g/mol. The number of hydrogen-bond acceptors (Lipinski definition) is 5. The van der Waals surface area contributed by atoms with Crippen LogP contribution in [0.15, 0.2) is 59.3 Å². The molecule has 0 bridgehead atoms. The molecule has 3 aromatic rings. The first-order chi connectivity index (χ1) is 15.3. The van der Waals surface area contributed by atoms with Crippen LogP contribution in [0.3, 0.4) is 0 Å². The van der Waals surface area contributed by atoms with E-state index in [9.17, 15) is 23.1 Å². The van der Waals surface area contributed by atoms with Gasteiger partial charge in [-0.05, 0) is 61.7 Å². The van der Waals surface area contributed by atoms with Crippen LogP contribution in [0.5, 0.6) is 0 Å². The summed E-state index contributed by atoms with van der Waals surface area (Å²) >= 11 is 0. The lowest BCUT2D eigenvalue weighted by Gasteiger charge is -2.26. The Bertz CT molecular complexity index is 1080. The number of aliphatic hydroxyl groups is 1. The summed E-state index contributed by atoms with van der Waals surface area (Å²) in [5, 5.41) is 12.5. The maximum absolute atomic E-state index is 13.3. The van der Waals surface area contributed by atoms with E-state index in [1.165, 1.54) is 12.1 Å². The van der Waals surface area contributed by atoms with Gasteiger partial charge in [-0.15, -0.1) is 0 Å². The van der Waals surface area contributed by atoms with Gasteiger partial charge in [0.05, 0.1) is 23.0 Å². The number of amides is 1. The highest BCUT2D eigenvalue weighted by molar-refractivity contribution is 6.04. The molecule has 1 aliphatic rings. The number of benzene rings is 1. The van der Waals surface area contributed by atoms with Crippen molar-refractivity contribution in [3.63, 3.8) is 0 Å². The van der Waals surface area contributed by atoms with Crippen LogP contribution in [0.4, 0.5) is 24.5 Å². The van der Waals surface area contributed by atoms with Crippen LogP contribution < -0.4 is 10.2 Å². The third-order valence-corrected chi connectivity index (χ3v) is 5.41. The average Bonchev–Trinajstić information content (AvgIpc) is 3.17. The van der Waals surface area contributed by atoms with Gasteiger partial charge in [0.25, 0.3) is 5.91 Å². The summed E-state index contributed by atoms with van der Waals surface area (Å²) in [5.41, 5.74) is 0.384. The predicted octanol–water partition coefficient (Wildman–Crippen LogP) is 4.96. The molecule has 1 aliphatic heterocycles. The first-order valence-corrected chi connectivity index (χ1v) is 10.3. The number of pyridine rings is 1. The smallest absolute Gasteiger partial charge is 0.416 e. The summed E-state index contributed by atoms with van der Waals surface area (Å²) in [6, 6.07) is 9.83. The SMILES string of the molecule is O=C(Nc1cc(C(F)(F)F)ccc1N1CCC[C@@H](O)CC1)c1ccc(-c2ccncc2)o1. The predicted molar refractivity (Wildman–Crippen MR) is 113 cm³/mol. The minimum atomic E-state index is -4.55. The van der Waals surface area contributed by atoms with Crippen molar-refractivity contribution in [3.8, 4) is 11.3 Å². The van der Waals surface area contributed by atoms with Crippen LogP contribution in [0.2, 0.25) is 0 Å². The maximum atomic E-state index is 13.3. The molecule has 1 aromatic carbocycles. The Morgan fingerprint density at radius 2 is 1.88 bits per heavy atom. The Hall–Kier alpha value is -3.33. The van der Waals surface area contributed by atoms with Gasteiger partial charge in [-0.25, -0.2) is 0 Å². The molecule has 32 heavy (non-hydrogen) atoms. The molecule has 6 nitrogen and oxygen atoms in total. The van der Waals surface area contributed by atoms with E-state index in [1.54, 1.807) is 30.6 Å². The zero-order valence-corrected chi connectivity index (χ0v) is 17.1. The summed E-state index contributed by atoms with van der Waals surface area (Å²) in [5.74, 6) is -0.226. The van der Waals surface area contributed by atoms with Crippen LogP contribution in [0.1, 0.15) is 35.4 Å². The van der Waals surface area contributed by atoms with Gasteiger partial charge in [-0.3, -0.25) is 9.78 Å². The van der Waals surface area contributed by atoms with Crippen LogP contribution in [0.25, 0.3) is 11.3 Å². The van der Waals surface area contributed by atoms with Crippen molar-refractivity contribution >= 4 is 17.3 Å². The quantitative estimate of drug-likeness (QED) is 0.593. The second-order valence-electron chi connectivity index (χ2n) is 7.66. The van der Waals surface area contributed by atoms with Crippen molar-refractivity contribution in [3.05, 3.63) is 66.2 Å². The largest absolute Gasteiger partial charge is 0.451 e. The van der Waals surface area contributed by atoms with E-state index in [0.717, 1.165) is 17.7 Å². The normalized spacial score (nSPS) is 17.1. The molecule has 2 N–H and O–H groups in total. The number of alkyl halides is 3. The van der Waals surface area contributed by atoms with E-state index >= 15 is 0 Å². The molecule has 0 radical (unpaired) electrons. The molecule has 2 aromatic heterocycles. The number of aliphatic hydroxyl groups excluding tert-OH is 1. The Morgan fingerprint density at radius 3 is 2.62 bits per heavy atom. The van der Waals surface area contributed by atoms with E-state index < -0.39 is 23.8 Å². The van der Waals surface area contributed by atoms with E-state index in [0.29, 0.717) is 43.8 Å². The van der Waals surface area contributed by atoms with Crippen molar-refractivity contribution in [1.29, 1.82) is 0 Å². The summed E-state index contributed by atoms with van der Waals surface area (Å²) in [6.07, 6.45) is 0.0114. The highest BCUT2D eigenvalue weighted by Crippen LogP contribution is 2.36. The molecule has 1 saturated heterocycles. The molecular formula is C23H22F3N3O3. The molecule has 1 atom stereocenters. The Kier molecular flexibility index (Phi) is 6.18. The topological polar surface area (TPSA) is 78.6 Å².